The van der Waals surface area contributed by atoms with Crippen molar-refractivity contribution in [2.45, 2.75) is 64.7 Å². The van der Waals surface area contributed by atoms with Crippen molar-refractivity contribution in [3.8, 4) is 0 Å². The number of ether oxygens (including phenoxy) is 1. The molecule has 2 nitrogen and oxygen atoms in total. The van der Waals surface area contributed by atoms with Gasteiger partial charge in [0.05, 0.1) is 12.5 Å². The number of fused-ring (bicyclic) bond motifs is 1. The number of benzene rings is 1. The smallest absolute Gasteiger partial charge is 0.313 e. The fraction of sp³-hybridized carbons (Fsp3) is 0.611. The molecule has 1 aliphatic carbocycles. The Labute approximate surface area is 126 Å². The third-order valence-electron chi connectivity index (χ3n) is 4.51. The minimum absolute atomic E-state index is 0.107. The van der Waals surface area contributed by atoms with E-state index in [9.17, 15) is 9.18 Å². The van der Waals surface area contributed by atoms with Gasteiger partial charge in [-0.2, -0.15) is 0 Å². The lowest BCUT2D eigenvalue weighted by atomic mass is 9.66. The van der Waals surface area contributed by atoms with E-state index in [4.69, 9.17) is 4.74 Å². The van der Waals surface area contributed by atoms with Gasteiger partial charge in [-0.3, -0.25) is 4.79 Å². The maximum atomic E-state index is 14.0. The second kappa shape index (κ2) is 5.78. The van der Waals surface area contributed by atoms with Gasteiger partial charge in [0.15, 0.2) is 0 Å². The van der Waals surface area contributed by atoms with Gasteiger partial charge in [-0.25, -0.2) is 4.39 Å². The van der Waals surface area contributed by atoms with Crippen LogP contribution in [-0.4, -0.2) is 12.6 Å². The van der Waals surface area contributed by atoms with Gasteiger partial charge >= 0.3 is 5.97 Å². The average Bonchev–Trinajstić information content (AvgIpc) is 2.38. The maximum Gasteiger partial charge on any atom is 0.313 e. The van der Waals surface area contributed by atoms with Gasteiger partial charge in [-0.15, -0.1) is 0 Å². The molecule has 1 atom stereocenters. The zero-order valence-electron chi connectivity index (χ0n) is 13.6. The van der Waals surface area contributed by atoms with Gasteiger partial charge in [-0.1, -0.05) is 27.7 Å². The topological polar surface area (TPSA) is 26.3 Å². The van der Waals surface area contributed by atoms with Crippen LogP contribution < -0.4 is 0 Å². The summed E-state index contributed by atoms with van der Waals surface area (Å²) in [6, 6.07) is 3.18. The van der Waals surface area contributed by atoms with Crippen LogP contribution in [0.1, 0.15) is 76.0 Å². The summed E-state index contributed by atoms with van der Waals surface area (Å²) in [7, 11) is 0. The third kappa shape index (κ3) is 2.97. The number of rotatable bonds is 3. The molecule has 21 heavy (non-hydrogen) atoms. The predicted molar refractivity (Wildman–Crippen MR) is 82.1 cm³/mol. The molecule has 0 aliphatic heterocycles. The van der Waals surface area contributed by atoms with E-state index in [0.29, 0.717) is 6.61 Å². The first-order chi connectivity index (χ1) is 9.77. The van der Waals surface area contributed by atoms with E-state index in [2.05, 4.69) is 13.8 Å². The number of carbonyl (C=O) groups excluding carboxylic acids is 1. The minimum Gasteiger partial charge on any atom is -0.466 e. The van der Waals surface area contributed by atoms with E-state index in [1.807, 2.05) is 20.8 Å². The summed E-state index contributed by atoms with van der Waals surface area (Å²) in [5, 5.41) is 0. The molecule has 0 fully saturated rings. The molecule has 1 unspecified atom stereocenters. The Hall–Kier alpha value is -1.38. The van der Waals surface area contributed by atoms with Crippen molar-refractivity contribution in [1.82, 2.24) is 0 Å². The van der Waals surface area contributed by atoms with Gasteiger partial charge in [0.25, 0.3) is 0 Å². The van der Waals surface area contributed by atoms with Crippen molar-refractivity contribution in [3.05, 3.63) is 34.6 Å². The normalized spacial score (nSPS) is 20.2. The van der Waals surface area contributed by atoms with Gasteiger partial charge in [-0.05, 0) is 59.9 Å². The fourth-order valence-electron chi connectivity index (χ4n) is 3.33. The largest absolute Gasteiger partial charge is 0.466 e. The molecule has 0 N–H and O–H groups in total. The summed E-state index contributed by atoms with van der Waals surface area (Å²) in [5.74, 6) is -0.468. The number of carbonyl (C=O) groups is 1. The van der Waals surface area contributed by atoms with Crippen LogP contribution in [0.2, 0.25) is 0 Å². The summed E-state index contributed by atoms with van der Waals surface area (Å²) in [5.41, 5.74) is 2.80. The molecular formula is C18H25FO2. The molecule has 1 aromatic rings. The van der Waals surface area contributed by atoms with Crippen molar-refractivity contribution in [3.63, 3.8) is 0 Å². The van der Waals surface area contributed by atoms with E-state index in [1.54, 1.807) is 12.1 Å². The van der Waals surface area contributed by atoms with Crippen LogP contribution >= 0.6 is 0 Å². The lowest BCUT2D eigenvalue weighted by Gasteiger charge is -2.38. The Balaban J connectivity index is 2.63. The first-order valence-electron chi connectivity index (χ1n) is 7.78. The monoisotopic (exact) mass is 292 g/mol. The van der Waals surface area contributed by atoms with Crippen LogP contribution in [0.4, 0.5) is 4.39 Å². The molecular weight excluding hydrogens is 267 g/mol. The first kappa shape index (κ1) is 16.0. The van der Waals surface area contributed by atoms with Crippen LogP contribution in [0.5, 0.6) is 0 Å². The molecule has 2 rings (SSSR count). The Morgan fingerprint density at radius 2 is 2.10 bits per heavy atom. The lowest BCUT2D eigenvalue weighted by Crippen LogP contribution is -2.32. The average molecular weight is 292 g/mol. The Kier molecular flexibility index (Phi) is 4.40. The van der Waals surface area contributed by atoms with Crippen LogP contribution in [0.25, 0.3) is 0 Å². The summed E-state index contributed by atoms with van der Waals surface area (Å²) in [6.07, 6.45) is 1.63. The van der Waals surface area contributed by atoms with Crippen LogP contribution in [0.3, 0.4) is 0 Å². The zero-order chi connectivity index (χ0) is 15.8. The summed E-state index contributed by atoms with van der Waals surface area (Å²) in [4.78, 5) is 12.3. The molecule has 0 radical (unpaired) electrons. The summed E-state index contributed by atoms with van der Waals surface area (Å²) in [6.45, 7) is 10.5. The fourth-order valence-corrected chi connectivity index (χ4v) is 3.33. The highest BCUT2D eigenvalue weighted by atomic mass is 19.1. The molecule has 0 saturated heterocycles. The molecule has 0 heterocycles. The summed E-state index contributed by atoms with van der Waals surface area (Å²) >= 11 is 0. The third-order valence-corrected chi connectivity index (χ3v) is 4.51. The Morgan fingerprint density at radius 3 is 2.67 bits per heavy atom. The van der Waals surface area contributed by atoms with E-state index < -0.39 is 0 Å². The Bertz CT molecular complexity index is 546. The van der Waals surface area contributed by atoms with Crippen LogP contribution in [0, 0.1) is 5.82 Å². The van der Waals surface area contributed by atoms with Crippen molar-refractivity contribution in [1.29, 1.82) is 0 Å². The molecule has 0 saturated carbocycles. The van der Waals surface area contributed by atoms with Gasteiger partial charge in [0, 0.05) is 0 Å². The molecule has 1 aromatic carbocycles. The molecule has 0 spiro atoms. The second-order valence-electron chi connectivity index (χ2n) is 6.84. The quantitative estimate of drug-likeness (QED) is 0.757. The molecule has 1 aliphatic rings. The number of hydrogen-bond acceptors (Lipinski definition) is 2. The first-order valence-corrected chi connectivity index (χ1v) is 7.78. The van der Waals surface area contributed by atoms with E-state index in [1.165, 1.54) is 0 Å². The van der Waals surface area contributed by atoms with E-state index in [0.717, 1.165) is 29.5 Å². The highest BCUT2D eigenvalue weighted by Crippen LogP contribution is 2.46. The van der Waals surface area contributed by atoms with E-state index >= 15 is 0 Å². The van der Waals surface area contributed by atoms with Gasteiger partial charge in [0.1, 0.15) is 5.82 Å². The minimum atomic E-state index is -0.258. The van der Waals surface area contributed by atoms with Crippen molar-refractivity contribution in [2.75, 3.05) is 6.61 Å². The summed E-state index contributed by atoms with van der Waals surface area (Å²) < 4.78 is 19.3. The molecule has 0 aromatic heterocycles. The van der Waals surface area contributed by atoms with Crippen molar-refractivity contribution in [2.24, 2.45) is 0 Å². The molecule has 0 amide bonds. The predicted octanol–water partition coefficient (Wildman–Crippen LogP) is 4.67. The highest BCUT2D eigenvalue weighted by molar-refractivity contribution is 5.80. The molecule has 0 bridgehead atoms. The van der Waals surface area contributed by atoms with Gasteiger partial charge < -0.3 is 4.74 Å². The number of halogens is 1. The number of hydrogen-bond donors (Lipinski definition) is 0. The lowest BCUT2D eigenvalue weighted by molar-refractivity contribution is -0.145. The van der Waals surface area contributed by atoms with Gasteiger partial charge in [0.2, 0.25) is 0 Å². The number of esters is 1. The maximum absolute atomic E-state index is 14.0. The SMILES string of the molecule is CCOC(=O)C1CCC(C)(C)c2cc(F)cc(C(C)C)c21. The van der Waals surface area contributed by atoms with Crippen LogP contribution in [0.15, 0.2) is 12.1 Å². The Morgan fingerprint density at radius 1 is 1.43 bits per heavy atom. The zero-order valence-corrected chi connectivity index (χ0v) is 13.6. The second-order valence-corrected chi connectivity index (χ2v) is 6.84. The highest BCUT2D eigenvalue weighted by Gasteiger charge is 2.38. The standard InChI is InChI=1S/C18H25FO2/c1-6-21-17(20)13-7-8-18(4,5)15-10-12(19)9-14(11(2)3)16(13)15/h9-11,13H,6-8H2,1-5H3. The molecule has 116 valence electrons. The van der Waals surface area contributed by atoms with Crippen molar-refractivity contribution < 1.29 is 13.9 Å². The van der Waals surface area contributed by atoms with E-state index in [-0.39, 0.29) is 29.0 Å². The van der Waals surface area contributed by atoms with Crippen LogP contribution in [-0.2, 0) is 14.9 Å². The molecule has 3 heteroatoms. The van der Waals surface area contributed by atoms with Crippen molar-refractivity contribution >= 4 is 5.97 Å².